The van der Waals surface area contributed by atoms with Crippen molar-refractivity contribution in [3.8, 4) is 0 Å². The van der Waals surface area contributed by atoms with Crippen molar-refractivity contribution in [3.05, 3.63) is 20.3 Å². The van der Waals surface area contributed by atoms with E-state index in [1.165, 1.54) is 52.8 Å². The third kappa shape index (κ3) is 2.18. The van der Waals surface area contributed by atoms with Crippen LogP contribution in [0.2, 0.25) is 0 Å². The summed E-state index contributed by atoms with van der Waals surface area (Å²) >= 11 is 5.48. The van der Waals surface area contributed by atoms with Crippen molar-refractivity contribution in [3.63, 3.8) is 0 Å². The minimum atomic E-state index is 0.224. The average Bonchev–Trinajstić information content (AvgIpc) is 2.62. The zero-order chi connectivity index (χ0) is 15.0. The monoisotopic (exact) mass is 367 g/mol. The molecule has 4 aliphatic carbocycles. The van der Waals surface area contributed by atoms with Crippen LogP contribution in [-0.4, -0.2) is 0 Å². The van der Waals surface area contributed by atoms with E-state index in [4.69, 9.17) is 5.73 Å². The lowest BCUT2D eigenvalue weighted by atomic mass is 9.39. The highest BCUT2D eigenvalue weighted by atomic mass is 79.9. The fourth-order valence-corrected chi connectivity index (χ4v) is 8.74. The first-order valence-electron chi connectivity index (χ1n) is 8.24. The maximum atomic E-state index is 6.91. The van der Waals surface area contributed by atoms with Crippen molar-refractivity contribution < 1.29 is 0 Å². The van der Waals surface area contributed by atoms with Gasteiger partial charge in [-0.2, -0.15) is 0 Å². The molecular weight excluding hydrogens is 342 g/mol. The highest BCUT2D eigenvalue weighted by molar-refractivity contribution is 9.11. The normalized spacial score (nSPS) is 46.0. The Balaban J connectivity index is 1.75. The van der Waals surface area contributed by atoms with Crippen LogP contribution in [-0.2, 0) is 0 Å². The Kier molecular flexibility index (Phi) is 3.05. The average molecular weight is 368 g/mol. The van der Waals surface area contributed by atoms with Crippen LogP contribution in [0.4, 0.5) is 0 Å². The van der Waals surface area contributed by atoms with Crippen LogP contribution in [0.25, 0.3) is 0 Å². The van der Waals surface area contributed by atoms with Crippen LogP contribution < -0.4 is 5.73 Å². The quantitative estimate of drug-likeness (QED) is 0.700. The Morgan fingerprint density at radius 1 is 1.19 bits per heavy atom. The second kappa shape index (κ2) is 4.36. The van der Waals surface area contributed by atoms with Gasteiger partial charge in [0.1, 0.15) is 0 Å². The molecule has 0 amide bonds. The predicted octanol–water partition coefficient (Wildman–Crippen LogP) is 5.82. The smallest absolute Gasteiger partial charge is 0.0704 e. The Hall–Kier alpha value is 0.140. The topological polar surface area (TPSA) is 26.0 Å². The molecule has 21 heavy (non-hydrogen) atoms. The molecule has 4 fully saturated rings. The van der Waals surface area contributed by atoms with E-state index in [9.17, 15) is 0 Å². The van der Waals surface area contributed by atoms with Gasteiger partial charge in [-0.1, -0.05) is 13.8 Å². The number of hydrogen-bond donors (Lipinski definition) is 1. The van der Waals surface area contributed by atoms with Gasteiger partial charge in [0.05, 0.1) is 3.79 Å². The summed E-state index contributed by atoms with van der Waals surface area (Å²) in [5.41, 5.74) is 9.77. The molecule has 1 aromatic heterocycles. The van der Waals surface area contributed by atoms with Gasteiger partial charge in [0, 0.05) is 10.9 Å². The molecule has 0 aromatic carbocycles. The number of thiophene rings is 1. The molecule has 4 bridgehead atoms. The third-order valence-electron chi connectivity index (χ3n) is 6.59. The molecule has 2 N–H and O–H groups in total. The van der Waals surface area contributed by atoms with Crippen molar-refractivity contribution in [2.45, 2.75) is 65.3 Å². The van der Waals surface area contributed by atoms with Crippen LogP contribution in [0, 0.1) is 29.1 Å². The van der Waals surface area contributed by atoms with Gasteiger partial charge in [0.2, 0.25) is 0 Å². The van der Waals surface area contributed by atoms with E-state index in [0.717, 1.165) is 5.92 Å². The van der Waals surface area contributed by atoms with Gasteiger partial charge < -0.3 is 5.73 Å². The molecule has 3 atom stereocenters. The lowest BCUT2D eigenvalue weighted by Crippen LogP contribution is -2.58. The van der Waals surface area contributed by atoms with E-state index in [1.54, 1.807) is 0 Å². The number of halogens is 1. The molecule has 116 valence electrons. The van der Waals surface area contributed by atoms with Crippen LogP contribution in [0.3, 0.4) is 0 Å². The molecule has 0 spiro atoms. The van der Waals surface area contributed by atoms with Gasteiger partial charge in [0.25, 0.3) is 0 Å². The molecular formula is C18H26BrNS. The minimum Gasteiger partial charge on any atom is -0.323 e. The maximum absolute atomic E-state index is 6.91. The van der Waals surface area contributed by atoms with E-state index in [-0.39, 0.29) is 6.04 Å². The van der Waals surface area contributed by atoms with Crippen molar-refractivity contribution in [1.82, 2.24) is 0 Å². The Bertz CT molecular complexity index is 574. The van der Waals surface area contributed by atoms with E-state index in [2.05, 4.69) is 42.8 Å². The largest absolute Gasteiger partial charge is 0.323 e. The highest BCUT2D eigenvalue weighted by Crippen LogP contribution is 2.72. The minimum absolute atomic E-state index is 0.224. The SMILES string of the molecule is Cc1sc(Br)cc1C(N)C12CC3CC(C)(CC(C)(C3)C1)C2. The van der Waals surface area contributed by atoms with Gasteiger partial charge >= 0.3 is 0 Å². The van der Waals surface area contributed by atoms with Crippen LogP contribution in [0.5, 0.6) is 0 Å². The van der Waals surface area contributed by atoms with E-state index >= 15 is 0 Å². The molecule has 1 heterocycles. The second-order valence-corrected chi connectivity index (χ2v) is 11.7. The van der Waals surface area contributed by atoms with Gasteiger partial charge in [0.15, 0.2) is 0 Å². The molecule has 0 saturated heterocycles. The third-order valence-corrected chi connectivity index (χ3v) is 8.16. The maximum Gasteiger partial charge on any atom is 0.0704 e. The first kappa shape index (κ1) is 14.7. The lowest BCUT2D eigenvalue weighted by molar-refractivity contribution is -0.154. The van der Waals surface area contributed by atoms with E-state index in [0.29, 0.717) is 16.2 Å². The van der Waals surface area contributed by atoms with Gasteiger partial charge in [-0.25, -0.2) is 0 Å². The summed E-state index contributed by atoms with van der Waals surface area (Å²) in [5.74, 6) is 0.921. The molecule has 1 aromatic rings. The molecule has 1 nitrogen and oxygen atoms in total. The zero-order valence-corrected chi connectivity index (χ0v) is 15.7. The van der Waals surface area contributed by atoms with Crippen LogP contribution in [0.1, 0.15) is 68.9 Å². The summed E-state index contributed by atoms with van der Waals surface area (Å²) in [6.07, 6.45) is 8.39. The standard InChI is InChI=1S/C18H26BrNS/c1-11-13(4-14(19)21-11)15(20)18-7-12-5-16(2,9-18)8-17(3,6-12)10-18/h4,12,15H,5-10,20H2,1-3H3. The fraction of sp³-hybridized carbons (Fsp3) is 0.778. The molecule has 4 aliphatic rings. The van der Waals surface area contributed by atoms with Gasteiger partial charge in [-0.3, -0.25) is 0 Å². The zero-order valence-electron chi connectivity index (χ0n) is 13.3. The summed E-state index contributed by atoms with van der Waals surface area (Å²) in [4.78, 5) is 1.40. The summed E-state index contributed by atoms with van der Waals surface area (Å²) in [6.45, 7) is 7.30. The Morgan fingerprint density at radius 2 is 1.81 bits per heavy atom. The van der Waals surface area contributed by atoms with Gasteiger partial charge in [-0.15, -0.1) is 11.3 Å². The first-order valence-corrected chi connectivity index (χ1v) is 9.85. The molecule has 5 rings (SSSR count). The van der Waals surface area contributed by atoms with Crippen LogP contribution >= 0.6 is 27.3 Å². The predicted molar refractivity (Wildman–Crippen MR) is 93.5 cm³/mol. The van der Waals surface area contributed by atoms with E-state index in [1.807, 2.05) is 11.3 Å². The number of aryl methyl sites for hydroxylation is 1. The van der Waals surface area contributed by atoms with Gasteiger partial charge in [-0.05, 0) is 95.2 Å². The van der Waals surface area contributed by atoms with Crippen molar-refractivity contribution in [2.24, 2.45) is 27.9 Å². The second-order valence-electron chi connectivity index (χ2n) is 9.03. The summed E-state index contributed by atoms with van der Waals surface area (Å²) in [5, 5.41) is 0. The Labute approximate surface area is 140 Å². The summed E-state index contributed by atoms with van der Waals surface area (Å²) in [7, 11) is 0. The Morgan fingerprint density at radius 3 is 2.29 bits per heavy atom. The van der Waals surface area contributed by atoms with E-state index < -0.39 is 0 Å². The van der Waals surface area contributed by atoms with Crippen molar-refractivity contribution >= 4 is 27.3 Å². The van der Waals surface area contributed by atoms with Crippen molar-refractivity contribution in [1.29, 1.82) is 0 Å². The van der Waals surface area contributed by atoms with Crippen LogP contribution in [0.15, 0.2) is 9.85 Å². The number of rotatable bonds is 2. The molecule has 4 saturated carbocycles. The first-order chi connectivity index (χ1) is 9.73. The molecule has 0 aliphatic heterocycles. The fourth-order valence-electron chi connectivity index (χ4n) is 6.98. The van der Waals surface area contributed by atoms with Crippen molar-refractivity contribution in [2.75, 3.05) is 0 Å². The highest BCUT2D eigenvalue weighted by Gasteiger charge is 2.61. The summed E-state index contributed by atoms with van der Waals surface area (Å²) < 4.78 is 1.23. The molecule has 3 heteroatoms. The lowest BCUT2D eigenvalue weighted by Gasteiger charge is -2.67. The summed E-state index contributed by atoms with van der Waals surface area (Å²) in [6, 6.07) is 2.51. The number of hydrogen-bond acceptors (Lipinski definition) is 2. The molecule has 3 unspecified atom stereocenters. The number of nitrogens with two attached hydrogens (primary N) is 1. The molecule has 0 radical (unpaired) electrons.